The van der Waals surface area contributed by atoms with Crippen molar-refractivity contribution in [2.24, 2.45) is 0 Å². The lowest BCUT2D eigenvalue weighted by atomic mass is 10.3. The first-order valence-corrected chi connectivity index (χ1v) is 4.56. The number of thioether (sulfide) groups is 1. The zero-order valence-corrected chi connectivity index (χ0v) is 6.94. The second-order valence-corrected chi connectivity index (χ2v) is 3.15. The minimum atomic E-state index is 0.905. The van der Waals surface area contributed by atoms with Crippen molar-refractivity contribution in [3.8, 4) is 0 Å². The molecule has 0 aliphatic carbocycles. The van der Waals surface area contributed by atoms with E-state index < -0.39 is 0 Å². The number of furan rings is 1. The highest BCUT2D eigenvalue weighted by atomic mass is 32.2. The molecule has 0 N–H and O–H groups in total. The summed E-state index contributed by atoms with van der Waals surface area (Å²) in [5.41, 5.74) is 0.905. The smallest absolute Gasteiger partial charge is 0.170 e. The van der Waals surface area contributed by atoms with Gasteiger partial charge < -0.3 is 4.42 Å². The summed E-state index contributed by atoms with van der Waals surface area (Å²) in [6.45, 7) is 0. The fourth-order valence-corrected chi connectivity index (χ4v) is 1.46. The number of hydrogen-bond donors (Lipinski definition) is 0. The molecule has 0 saturated heterocycles. The van der Waals surface area contributed by atoms with Gasteiger partial charge in [0.25, 0.3) is 0 Å². The molecular formula is C9H7OS. The van der Waals surface area contributed by atoms with E-state index in [4.69, 9.17) is 4.42 Å². The molecule has 1 aromatic heterocycles. The van der Waals surface area contributed by atoms with Gasteiger partial charge in [-0.15, -0.1) is 11.8 Å². The van der Waals surface area contributed by atoms with E-state index >= 15 is 0 Å². The van der Waals surface area contributed by atoms with Crippen LogP contribution in [-0.4, -0.2) is 6.26 Å². The van der Waals surface area contributed by atoms with Crippen LogP contribution in [-0.2, 0) is 0 Å². The van der Waals surface area contributed by atoms with Crippen LogP contribution in [0.3, 0.4) is 0 Å². The van der Waals surface area contributed by atoms with Gasteiger partial charge in [0, 0.05) is 10.3 Å². The van der Waals surface area contributed by atoms with Crippen LogP contribution < -0.4 is 0 Å². The highest BCUT2D eigenvalue weighted by molar-refractivity contribution is 7.98. The second-order valence-electron chi connectivity index (χ2n) is 2.27. The molecule has 1 nitrogen and oxygen atoms in total. The Morgan fingerprint density at radius 3 is 3.18 bits per heavy atom. The predicted molar refractivity (Wildman–Crippen MR) is 46.8 cm³/mol. The van der Waals surface area contributed by atoms with E-state index in [1.165, 1.54) is 4.90 Å². The van der Waals surface area contributed by atoms with Crippen molar-refractivity contribution in [1.29, 1.82) is 0 Å². The van der Waals surface area contributed by atoms with Gasteiger partial charge >= 0.3 is 0 Å². The Bertz CT molecular complexity index is 364. The molecule has 0 amide bonds. The zero-order valence-electron chi connectivity index (χ0n) is 6.13. The van der Waals surface area contributed by atoms with Crippen LogP contribution in [0.25, 0.3) is 11.0 Å². The molecule has 0 saturated carbocycles. The van der Waals surface area contributed by atoms with Crippen LogP contribution in [0.4, 0.5) is 0 Å². The van der Waals surface area contributed by atoms with Crippen molar-refractivity contribution in [3.63, 3.8) is 0 Å². The molecule has 0 aliphatic rings. The summed E-state index contributed by atoms with van der Waals surface area (Å²) < 4.78 is 5.08. The van der Waals surface area contributed by atoms with E-state index in [1.54, 1.807) is 11.8 Å². The van der Waals surface area contributed by atoms with Crippen molar-refractivity contribution in [2.75, 3.05) is 6.26 Å². The molecule has 0 unspecified atom stereocenters. The Balaban J connectivity index is 2.67. The van der Waals surface area contributed by atoms with E-state index in [0.29, 0.717) is 0 Å². The Morgan fingerprint density at radius 2 is 2.36 bits per heavy atom. The summed E-state index contributed by atoms with van der Waals surface area (Å²) in [6.07, 6.45) is 4.77. The first-order valence-electron chi connectivity index (χ1n) is 3.34. The van der Waals surface area contributed by atoms with Gasteiger partial charge in [0.05, 0.1) is 0 Å². The topological polar surface area (TPSA) is 13.1 Å². The Hall–Kier alpha value is -0.890. The molecule has 0 spiro atoms. The number of fused-ring (bicyclic) bond motifs is 1. The molecule has 1 aromatic carbocycles. The van der Waals surface area contributed by atoms with E-state index in [-0.39, 0.29) is 0 Å². The molecule has 55 valence electrons. The quantitative estimate of drug-likeness (QED) is 0.599. The van der Waals surface area contributed by atoms with Crippen molar-refractivity contribution in [2.45, 2.75) is 4.90 Å². The molecule has 2 aromatic rings. The highest BCUT2D eigenvalue weighted by Gasteiger charge is 1.96. The molecule has 0 aliphatic heterocycles. The van der Waals surface area contributed by atoms with Crippen LogP contribution in [0.15, 0.2) is 33.6 Å². The van der Waals surface area contributed by atoms with Gasteiger partial charge in [-0.3, -0.25) is 0 Å². The van der Waals surface area contributed by atoms with Crippen LogP contribution in [0.5, 0.6) is 0 Å². The predicted octanol–water partition coefficient (Wildman–Crippen LogP) is 2.95. The van der Waals surface area contributed by atoms with Crippen LogP contribution >= 0.6 is 11.8 Å². The van der Waals surface area contributed by atoms with Gasteiger partial charge in [-0.2, -0.15) is 0 Å². The monoisotopic (exact) mass is 163 g/mol. The summed E-state index contributed by atoms with van der Waals surface area (Å²) in [6, 6.07) is 7.97. The van der Waals surface area contributed by atoms with Crippen molar-refractivity contribution in [3.05, 3.63) is 30.5 Å². The minimum Gasteiger partial charge on any atom is -0.453 e. The standard InChI is InChI=1S/C9H7OS/c1-11-8-2-3-9-7(6-8)4-5-10-9/h2-4,6H,1H3. The van der Waals surface area contributed by atoms with E-state index in [1.807, 2.05) is 18.2 Å². The maximum atomic E-state index is 5.08. The summed E-state index contributed by atoms with van der Waals surface area (Å²) >= 11 is 1.73. The number of rotatable bonds is 1. The molecule has 0 atom stereocenters. The molecular weight excluding hydrogens is 156 g/mol. The molecule has 1 heterocycles. The third kappa shape index (κ3) is 1.14. The third-order valence-corrected chi connectivity index (χ3v) is 2.33. The van der Waals surface area contributed by atoms with Gasteiger partial charge in [-0.05, 0) is 30.5 Å². The van der Waals surface area contributed by atoms with Crippen molar-refractivity contribution in [1.82, 2.24) is 0 Å². The summed E-state index contributed by atoms with van der Waals surface area (Å²) in [5.74, 6) is 0. The fraction of sp³-hybridized carbons (Fsp3) is 0.111. The zero-order chi connectivity index (χ0) is 7.68. The lowest BCUT2D eigenvalue weighted by molar-refractivity contribution is 0.606. The second kappa shape index (κ2) is 2.62. The van der Waals surface area contributed by atoms with Gasteiger partial charge in [0.1, 0.15) is 5.58 Å². The SMILES string of the molecule is CSc1ccc2o[c]cc2c1. The largest absolute Gasteiger partial charge is 0.453 e. The van der Waals surface area contributed by atoms with Crippen LogP contribution in [0.1, 0.15) is 0 Å². The normalized spacial score (nSPS) is 10.6. The first kappa shape index (κ1) is 6.80. The first-order chi connectivity index (χ1) is 5.40. The third-order valence-electron chi connectivity index (χ3n) is 1.60. The maximum absolute atomic E-state index is 5.08. The van der Waals surface area contributed by atoms with Gasteiger partial charge in [-0.1, -0.05) is 0 Å². The molecule has 0 fully saturated rings. The molecule has 0 bridgehead atoms. The van der Waals surface area contributed by atoms with Crippen LogP contribution in [0.2, 0.25) is 0 Å². The average molecular weight is 163 g/mol. The van der Waals surface area contributed by atoms with Gasteiger partial charge in [-0.25, -0.2) is 0 Å². The van der Waals surface area contributed by atoms with E-state index in [9.17, 15) is 0 Å². The summed E-state index contributed by atoms with van der Waals surface area (Å²) in [5, 5.41) is 1.12. The van der Waals surface area contributed by atoms with E-state index in [2.05, 4.69) is 18.6 Å². The Labute approximate surface area is 69.4 Å². The van der Waals surface area contributed by atoms with Crippen molar-refractivity contribution >= 4 is 22.7 Å². The van der Waals surface area contributed by atoms with E-state index in [0.717, 1.165) is 11.0 Å². The lowest BCUT2D eigenvalue weighted by Crippen LogP contribution is -1.67. The molecule has 2 heteroatoms. The lowest BCUT2D eigenvalue weighted by Gasteiger charge is -1.93. The Kier molecular flexibility index (Phi) is 1.62. The van der Waals surface area contributed by atoms with Gasteiger partial charge in [0.15, 0.2) is 6.26 Å². The highest BCUT2D eigenvalue weighted by Crippen LogP contribution is 2.21. The molecule has 1 radical (unpaired) electrons. The van der Waals surface area contributed by atoms with Gasteiger partial charge in [0.2, 0.25) is 0 Å². The maximum Gasteiger partial charge on any atom is 0.170 e. The van der Waals surface area contributed by atoms with Crippen LogP contribution in [0, 0.1) is 6.26 Å². The fourth-order valence-electron chi connectivity index (χ4n) is 1.02. The summed E-state index contributed by atoms with van der Waals surface area (Å²) in [4.78, 5) is 1.26. The number of hydrogen-bond acceptors (Lipinski definition) is 2. The molecule has 11 heavy (non-hydrogen) atoms. The average Bonchev–Trinajstić information content (AvgIpc) is 2.50. The molecule has 2 rings (SSSR count). The Morgan fingerprint density at radius 1 is 1.45 bits per heavy atom. The summed E-state index contributed by atoms with van der Waals surface area (Å²) in [7, 11) is 0. The van der Waals surface area contributed by atoms with Crippen molar-refractivity contribution < 1.29 is 4.42 Å². The minimum absolute atomic E-state index is 0.905. The number of benzene rings is 1.